The van der Waals surface area contributed by atoms with Crippen molar-refractivity contribution in [3.63, 3.8) is 0 Å². The zero-order valence-electron chi connectivity index (χ0n) is 13.5. The summed E-state index contributed by atoms with van der Waals surface area (Å²) in [5, 5.41) is 3.94. The highest BCUT2D eigenvalue weighted by molar-refractivity contribution is 5.96. The Hall–Kier alpha value is -3.09. The number of aryl methyl sites for hydroxylation is 1. The maximum atomic E-state index is 13.8. The van der Waals surface area contributed by atoms with E-state index in [1.807, 2.05) is 6.07 Å². The molecule has 1 amide bonds. The van der Waals surface area contributed by atoms with Crippen LogP contribution in [0.4, 0.5) is 10.1 Å². The molecule has 1 fully saturated rings. The first kappa shape index (κ1) is 15.4. The van der Waals surface area contributed by atoms with Gasteiger partial charge in [-0.2, -0.15) is 4.98 Å². The van der Waals surface area contributed by atoms with Gasteiger partial charge in [0.1, 0.15) is 11.5 Å². The third-order valence-corrected chi connectivity index (χ3v) is 4.28. The predicted octanol–water partition coefficient (Wildman–Crippen LogP) is 3.10. The Morgan fingerprint density at radius 1 is 1.28 bits per heavy atom. The Balaban J connectivity index is 1.56. The number of amides is 1. The second kappa shape index (κ2) is 6.08. The lowest BCUT2D eigenvalue weighted by Crippen LogP contribution is -2.24. The van der Waals surface area contributed by atoms with Crippen LogP contribution in [0.25, 0.3) is 11.5 Å². The van der Waals surface area contributed by atoms with Crippen LogP contribution < -0.4 is 4.90 Å². The van der Waals surface area contributed by atoms with E-state index in [1.165, 1.54) is 6.07 Å². The van der Waals surface area contributed by atoms with E-state index in [-0.39, 0.29) is 24.1 Å². The summed E-state index contributed by atoms with van der Waals surface area (Å²) >= 11 is 0. The van der Waals surface area contributed by atoms with Gasteiger partial charge in [-0.15, -0.1) is 0 Å². The molecule has 1 unspecified atom stereocenters. The predicted molar refractivity (Wildman–Crippen MR) is 88.4 cm³/mol. The number of benzene rings is 1. The molecule has 6 nitrogen and oxygen atoms in total. The number of anilines is 1. The van der Waals surface area contributed by atoms with Gasteiger partial charge < -0.3 is 9.42 Å². The molecule has 0 bridgehead atoms. The van der Waals surface area contributed by atoms with Crippen LogP contribution in [0.2, 0.25) is 0 Å². The number of pyridine rings is 1. The summed E-state index contributed by atoms with van der Waals surface area (Å²) in [6.07, 6.45) is 1.90. The van der Waals surface area contributed by atoms with Crippen molar-refractivity contribution in [2.75, 3.05) is 11.4 Å². The third-order valence-electron chi connectivity index (χ3n) is 4.28. The second-order valence-corrected chi connectivity index (χ2v) is 6.01. The Morgan fingerprint density at radius 2 is 2.16 bits per heavy atom. The number of carbonyl (C=O) groups excluding carboxylic acids is 1. The smallest absolute Gasteiger partial charge is 0.232 e. The normalized spacial score (nSPS) is 17.3. The van der Waals surface area contributed by atoms with Crippen molar-refractivity contribution in [2.24, 2.45) is 0 Å². The highest BCUT2D eigenvalue weighted by Crippen LogP contribution is 2.32. The summed E-state index contributed by atoms with van der Waals surface area (Å²) in [7, 11) is 0. The van der Waals surface area contributed by atoms with Crippen molar-refractivity contribution in [2.45, 2.75) is 19.3 Å². The molecule has 0 aliphatic carbocycles. The lowest BCUT2D eigenvalue weighted by atomic mass is 10.1. The molecular weight excluding hydrogens is 323 g/mol. The van der Waals surface area contributed by atoms with Crippen LogP contribution in [0.3, 0.4) is 0 Å². The van der Waals surface area contributed by atoms with Crippen molar-refractivity contribution < 1.29 is 13.7 Å². The van der Waals surface area contributed by atoms with Crippen LogP contribution >= 0.6 is 0 Å². The molecule has 3 aromatic rings. The summed E-state index contributed by atoms with van der Waals surface area (Å²) in [5.74, 6) is 0.142. The molecule has 126 valence electrons. The van der Waals surface area contributed by atoms with Gasteiger partial charge in [-0.25, -0.2) is 4.39 Å². The number of hydrogen-bond donors (Lipinski definition) is 0. The Labute approximate surface area is 143 Å². The number of halogens is 1. The van der Waals surface area contributed by atoms with E-state index >= 15 is 0 Å². The van der Waals surface area contributed by atoms with Crippen molar-refractivity contribution >= 4 is 11.6 Å². The van der Waals surface area contributed by atoms with Gasteiger partial charge in [-0.05, 0) is 36.8 Å². The van der Waals surface area contributed by atoms with E-state index in [2.05, 4.69) is 15.1 Å². The van der Waals surface area contributed by atoms with Crippen molar-refractivity contribution in [1.82, 2.24) is 15.1 Å². The maximum Gasteiger partial charge on any atom is 0.232 e. The molecule has 1 aliphatic heterocycles. The van der Waals surface area contributed by atoms with E-state index in [9.17, 15) is 9.18 Å². The molecule has 0 radical (unpaired) electrons. The van der Waals surface area contributed by atoms with Gasteiger partial charge in [0.05, 0.1) is 5.92 Å². The first-order valence-electron chi connectivity index (χ1n) is 7.93. The van der Waals surface area contributed by atoms with Crippen LogP contribution in [0.15, 0.2) is 47.1 Å². The highest BCUT2D eigenvalue weighted by Gasteiger charge is 2.35. The van der Waals surface area contributed by atoms with Crippen LogP contribution in [0, 0.1) is 12.7 Å². The lowest BCUT2D eigenvalue weighted by molar-refractivity contribution is -0.117. The number of aromatic nitrogens is 3. The fourth-order valence-electron chi connectivity index (χ4n) is 2.87. The summed E-state index contributed by atoms with van der Waals surface area (Å²) in [4.78, 5) is 22.4. The molecule has 1 saturated heterocycles. The fourth-order valence-corrected chi connectivity index (χ4v) is 2.87. The van der Waals surface area contributed by atoms with Crippen molar-refractivity contribution in [3.05, 3.63) is 59.9 Å². The SMILES string of the molecule is Cc1ccc(N2CC(c3nc(-c4ccccn4)no3)CC2=O)cc1F. The summed E-state index contributed by atoms with van der Waals surface area (Å²) < 4.78 is 19.1. The number of hydrogen-bond acceptors (Lipinski definition) is 5. The van der Waals surface area contributed by atoms with Crippen LogP contribution in [0.5, 0.6) is 0 Å². The van der Waals surface area contributed by atoms with Gasteiger partial charge in [0.2, 0.25) is 17.6 Å². The molecule has 1 atom stereocenters. The molecule has 1 aromatic carbocycles. The molecule has 3 heterocycles. The summed E-state index contributed by atoms with van der Waals surface area (Å²) in [6.45, 7) is 2.07. The largest absolute Gasteiger partial charge is 0.339 e. The minimum Gasteiger partial charge on any atom is -0.339 e. The van der Waals surface area contributed by atoms with Gasteiger partial charge in [-0.1, -0.05) is 17.3 Å². The quantitative estimate of drug-likeness (QED) is 0.734. The minimum atomic E-state index is -0.330. The molecular formula is C18H15FN4O2. The molecule has 0 spiro atoms. The minimum absolute atomic E-state index is 0.0918. The van der Waals surface area contributed by atoms with E-state index in [1.54, 1.807) is 42.3 Å². The first-order valence-corrected chi connectivity index (χ1v) is 7.93. The molecule has 0 N–H and O–H groups in total. The molecule has 7 heteroatoms. The van der Waals surface area contributed by atoms with E-state index in [0.29, 0.717) is 35.2 Å². The van der Waals surface area contributed by atoms with Gasteiger partial charge in [0.25, 0.3) is 0 Å². The first-order chi connectivity index (χ1) is 12.1. The van der Waals surface area contributed by atoms with Gasteiger partial charge in [-0.3, -0.25) is 9.78 Å². The zero-order valence-corrected chi connectivity index (χ0v) is 13.5. The fraction of sp³-hybridized carbons (Fsp3) is 0.222. The van der Waals surface area contributed by atoms with Crippen LogP contribution in [0.1, 0.15) is 23.8 Å². The second-order valence-electron chi connectivity index (χ2n) is 6.01. The van der Waals surface area contributed by atoms with E-state index < -0.39 is 0 Å². The molecule has 0 saturated carbocycles. The van der Waals surface area contributed by atoms with Crippen molar-refractivity contribution in [3.8, 4) is 11.5 Å². The number of rotatable bonds is 3. The zero-order chi connectivity index (χ0) is 17.4. The van der Waals surface area contributed by atoms with Crippen molar-refractivity contribution in [1.29, 1.82) is 0 Å². The van der Waals surface area contributed by atoms with E-state index in [4.69, 9.17) is 4.52 Å². The van der Waals surface area contributed by atoms with Crippen LogP contribution in [-0.2, 0) is 4.79 Å². The summed E-state index contributed by atoms with van der Waals surface area (Å²) in [5.41, 5.74) is 1.70. The molecule has 2 aromatic heterocycles. The van der Waals surface area contributed by atoms with Gasteiger partial charge in [0.15, 0.2) is 0 Å². The third kappa shape index (κ3) is 2.88. The number of carbonyl (C=O) groups is 1. The average Bonchev–Trinajstić information content (AvgIpc) is 3.25. The monoisotopic (exact) mass is 338 g/mol. The standard InChI is InChI=1S/C18H15FN4O2/c1-11-5-6-13(9-14(11)19)23-10-12(8-16(23)24)18-21-17(22-25-18)15-4-2-3-7-20-15/h2-7,9,12H,8,10H2,1H3. The Morgan fingerprint density at radius 3 is 2.92 bits per heavy atom. The molecule has 4 rings (SSSR count). The lowest BCUT2D eigenvalue weighted by Gasteiger charge is -2.16. The van der Waals surface area contributed by atoms with Gasteiger partial charge >= 0.3 is 0 Å². The highest BCUT2D eigenvalue weighted by atomic mass is 19.1. The van der Waals surface area contributed by atoms with Gasteiger partial charge in [0, 0.05) is 24.8 Å². The molecule has 25 heavy (non-hydrogen) atoms. The topological polar surface area (TPSA) is 72.1 Å². The summed E-state index contributed by atoms with van der Waals surface area (Å²) in [6, 6.07) is 10.2. The Bertz CT molecular complexity index is 926. The Kier molecular flexibility index (Phi) is 3.76. The van der Waals surface area contributed by atoms with Crippen LogP contribution in [-0.4, -0.2) is 27.6 Å². The van der Waals surface area contributed by atoms with E-state index in [0.717, 1.165) is 0 Å². The number of nitrogens with zero attached hydrogens (tertiary/aromatic N) is 4. The molecule has 1 aliphatic rings. The average molecular weight is 338 g/mol. The maximum absolute atomic E-state index is 13.8.